The monoisotopic (exact) mass is 265 g/mol. The lowest BCUT2D eigenvalue weighted by molar-refractivity contribution is 0.112. The van der Waals surface area contributed by atoms with E-state index in [-0.39, 0.29) is 0 Å². The summed E-state index contributed by atoms with van der Waals surface area (Å²) in [6.07, 6.45) is 3.01. The first kappa shape index (κ1) is 15.9. The Labute approximate surface area is 117 Å². The zero-order chi connectivity index (χ0) is 13.9. The fraction of sp³-hybridized carbons (Fsp3) is 0.667. The second-order valence-corrected chi connectivity index (χ2v) is 4.53. The molecule has 108 valence electrons. The Morgan fingerprint density at radius 1 is 1.32 bits per heavy atom. The van der Waals surface area contributed by atoms with Crippen molar-refractivity contribution in [2.24, 2.45) is 0 Å². The molecule has 0 amide bonds. The van der Waals surface area contributed by atoms with Crippen LogP contribution in [-0.4, -0.2) is 42.7 Å². The van der Waals surface area contributed by atoms with E-state index in [9.17, 15) is 0 Å². The van der Waals surface area contributed by atoms with Gasteiger partial charge in [-0.05, 0) is 32.0 Å². The number of ether oxygens (including phenoxy) is 1. The van der Waals surface area contributed by atoms with Gasteiger partial charge in [0.2, 0.25) is 0 Å². The molecule has 1 aromatic rings. The molecule has 0 spiro atoms. The first-order valence-electron chi connectivity index (χ1n) is 7.29. The van der Waals surface area contributed by atoms with Crippen molar-refractivity contribution in [1.82, 2.24) is 9.88 Å². The van der Waals surface area contributed by atoms with E-state index in [1.807, 2.05) is 19.2 Å². The minimum Gasteiger partial charge on any atom is -0.385 e. The molecule has 0 aliphatic carbocycles. The average molecular weight is 265 g/mol. The molecule has 0 bridgehead atoms. The van der Waals surface area contributed by atoms with E-state index in [4.69, 9.17) is 4.74 Å². The minimum atomic E-state index is 0.784. The highest BCUT2D eigenvalue weighted by molar-refractivity contribution is 5.43. The van der Waals surface area contributed by atoms with Gasteiger partial charge >= 0.3 is 0 Å². The number of aromatic nitrogens is 1. The molecule has 4 heteroatoms. The lowest BCUT2D eigenvalue weighted by Gasteiger charge is -2.20. The summed E-state index contributed by atoms with van der Waals surface area (Å²) in [6.45, 7) is 11.8. The van der Waals surface area contributed by atoms with Crippen LogP contribution in [-0.2, 0) is 11.3 Å². The second kappa shape index (κ2) is 9.75. The number of anilines is 1. The zero-order valence-electron chi connectivity index (χ0n) is 12.5. The molecule has 0 atom stereocenters. The van der Waals surface area contributed by atoms with Crippen LogP contribution in [0.25, 0.3) is 0 Å². The van der Waals surface area contributed by atoms with Crippen molar-refractivity contribution < 1.29 is 4.74 Å². The summed E-state index contributed by atoms with van der Waals surface area (Å²) in [5.74, 6) is 0. The number of nitrogens with zero attached hydrogens (tertiary/aromatic N) is 2. The highest BCUT2D eigenvalue weighted by Gasteiger charge is 2.05. The summed E-state index contributed by atoms with van der Waals surface area (Å²) >= 11 is 0. The van der Waals surface area contributed by atoms with Gasteiger partial charge in [0, 0.05) is 38.1 Å². The van der Waals surface area contributed by atoms with Crippen molar-refractivity contribution in [3.8, 4) is 0 Å². The number of rotatable bonds is 10. The van der Waals surface area contributed by atoms with E-state index < -0.39 is 0 Å². The van der Waals surface area contributed by atoms with Crippen LogP contribution in [0.4, 0.5) is 5.69 Å². The van der Waals surface area contributed by atoms with Crippen molar-refractivity contribution in [2.45, 2.75) is 33.7 Å². The Hall–Kier alpha value is -1.13. The Morgan fingerprint density at radius 3 is 2.84 bits per heavy atom. The normalized spacial score (nSPS) is 10.9. The molecule has 0 saturated heterocycles. The molecule has 0 fully saturated rings. The number of likely N-dealkylation sites (N-methyl/N-ethyl adjacent to an activating group) is 1. The van der Waals surface area contributed by atoms with E-state index in [1.165, 1.54) is 0 Å². The zero-order valence-corrected chi connectivity index (χ0v) is 12.5. The Kier molecular flexibility index (Phi) is 8.18. The van der Waals surface area contributed by atoms with Gasteiger partial charge in [-0.15, -0.1) is 0 Å². The predicted octanol–water partition coefficient (Wildman–Crippen LogP) is 2.76. The Balaban J connectivity index is 2.48. The molecule has 0 saturated carbocycles. The van der Waals surface area contributed by atoms with Crippen molar-refractivity contribution in [1.29, 1.82) is 0 Å². The standard InChI is InChI=1S/C15H27N3O/c1-4-8-16-14-7-9-17-15(12-14)13-18(5-2)10-11-19-6-3/h7,9,12H,4-6,8,10-11,13H2,1-3H3,(H,16,17). The minimum absolute atomic E-state index is 0.784. The van der Waals surface area contributed by atoms with E-state index in [0.717, 1.165) is 57.2 Å². The van der Waals surface area contributed by atoms with Crippen LogP contribution in [0, 0.1) is 0 Å². The second-order valence-electron chi connectivity index (χ2n) is 4.53. The van der Waals surface area contributed by atoms with Gasteiger partial charge < -0.3 is 10.1 Å². The molecular formula is C15H27N3O. The molecule has 0 aromatic carbocycles. The van der Waals surface area contributed by atoms with E-state index in [1.54, 1.807) is 0 Å². The van der Waals surface area contributed by atoms with Gasteiger partial charge in [0.25, 0.3) is 0 Å². The van der Waals surface area contributed by atoms with Crippen molar-refractivity contribution in [2.75, 3.05) is 38.2 Å². The van der Waals surface area contributed by atoms with Gasteiger partial charge in [0.1, 0.15) is 0 Å². The molecule has 1 aromatic heterocycles. The third-order valence-electron chi connectivity index (χ3n) is 2.98. The molecule has 0 radical (unpaired) electrons. The average Bonchev–Trinajstić information content (AvgIpc) is 2.44. The molecule has 1 N–H and O–H groups in total. The molecule has 1 rings (SSSR count). The maximum atomic E-state index is 5.41. The van der Waals surface area contributed by atoms with Crippen LogP contribution in [0.1, 0.15) is 32.9 Å². The van der Waals surface area contributed by atoms with Gasteiger partial charge in [-0.3, -0.25) is 9.88 Å². The Bertz CT molecular complexity index is 344. The first-order valence-corrected chi connectivity index (χ1v) is 7.29. The van der Waals surface area contributed by atoms with E-state index in [0.29, 0.717) is 0 Å². The van der Waals surface area contributed by atoms with Crippen LogP contribution in [0.2, 0.25) is 0 Å². The number of nitrogens with one attached hydrogen (secondary N) is 1. The largest absolute Gasteiger partial charge is 0.385 e. The summed E-state index contributed by atoms with van der Waals surface area (Å²) in [7, 11) is 0. The molecule has 0 aliphatic heterocycles. The fourth-order valence-electron chi connectivity index (χ4n) is 1.86. The van der Waals surface area contributed by atoms with Gasteiger partial charge in [-0.25, -0.2) is 0 Å². The topological polar surface area (TPSA) is 37.4 Å². The number of hydrogen-bond donors (Lipinski definition) is 1. The predicted molar refractivity (Wildman–Crippen MR) is 80.5 cm³/mol. The van der Waals surface area contributed by atoms with Crippen molar-refractivity contribution >= 4 is 5.69 Å². The SMILES string of the molecule is CCCNc1ccnc(CN(CC)CCOCC)c1. The third-order valence-corrected chi connectivity index (χ3v) is 2.98. The first-order chi connectivity index (χ1) is 9.30. The van der Waals surface area contributed by atoms with Crippen LogP contribution < -0.4 is 5.32 Å². The van der Waals surface area contributed by atoms with Crippen LogP contribution in [0.5, 0.6) is 0 Å². The summed E-state index contributed by atoms with van der Waals surface area (Å²) in [5.41, 5.74) is 2.27. The van der Waals surface area contributed by atoms with Crippen LogP contribution in [0.3, 0.4) is 0 Å². The summed E-state index contributed by atoms with van der Waals surface area (Å²) in [5, 5.41) is 3.40. The van der Waals surface area contributed by atoms with E-state index in [2.05, 4.69) is 35.1 Å². The quantitative estimate of drug-likeness (QED) is 0.660. The van der Waals surface area contributed by atoms with Gasteiger partial charge in [0.15, 0.2) is 0 Å². The maximum absolute atomic E-state index is 5.41. The van der Waals surface area contributed by atoms with Gasteiger partial charge in [-0.1, -0.05) is 13.8 Å². The van der Waals surface area contributed by atoms with E-state index >= 15 is 0 Å². The smallest absolute Gasteiger partial charge is 0.0593 e. The lowest BCUT2D eigenvalue weighted by Crippen LogP contribution is -2.27. The van der Waals surface area contributed by atoms with Gasteiger partial charge in [0.05, 0.1) is 12.3 Å². The molecular weight excluding hydrogens is 238 g/mol. The number of hydrogen-bond acceptors (Lipinski definition) is 4. The molecule has 19 heavy (non-hydrogen) atoms. The highest BCUT2D eigenvalue weighted by Crippen LogP contribution is 2.10. The summed E-state index contributed by atoms with van der Waals surface area (Å²) in [4.78, 5) is 6.79. The van der Waals surface area contributed by atoms with Crippen LogP contribution in [0.15, 0.2) is 18.3 Å². The Morgan fingerprint density at radius 2 is 2.16 bits per heavy atom. The fourth-order valence-corrected chi connectivity index (χ4v) is 1.86. The molecule has 0 aliphatic rings. The van der Waals surface area contributed by atoms with Gasteiger partial charge in [-0.2, -0.15) is 0 Å². The lowest BCUT2D eigenvalue weighted by atomic mass is 10.3. The summed E-state index contributed by atoms with van der Waals surface area (Å²) in [6, 6.07) is 4.16. The number of pyridine rings is 1. The third kappa shape index (κ3) is 6.55. The van der Waals surface area contributed by atoms with Crippen LogP contribution >= 0.6 is 0 Å². The molecule has 1 heterocycles. The highest BCUT2D eigenvalue weighted by atomic mass is 16.5. The molecule has 4 nitrogen and oxygen atoms in total. The van der Waals surface area contributed by atoms with Crippen molar-refractivity contribution in [3.63, 3.8) is 0 Å². The maximum Gasteiger partial charge on any atom is 0.0593 e. The molecule has 0 unspecified atom stereocenters. The van der Waals surface area contributed by atoms with Crippen molar-refractivity contribution in [3.05, 3.63) is 24.0 Å². The summed E-state index contributed by atoms with van der Waals surface area (Å²) < 4.78 is 5.41.